The van der Waals surface area contributed by atoms with Gasteiger partial charge in [0.1, 0.15) is 5.03 Å². The molecule has 18 heavy (non-hydrogen) atoms. The van der Waals surface area contributed by atoms with Crippen LogP contribution in [0.25, 0.3) is 0 Å². The van der Waals surface area contributed by atoms with Crippen molar-refractivity contribution in [3.63, 3.8) is 0 Å². The molecule has 2 aromatic rings. The van der Waals surface area contributed by atoms with E-state index in [-0.39, 0.29) is 12.3 Å². The molecule has 96 valence electrons. The van der Waals surface area contributed by atoms with E-state index in [2.05, 4.69) is 15.2 Å². The van der Waals surface area contributed by atoms with E-state index in [0.717, 1.165) is 17.0 Å². The van der Waals surface area contributed by atoms with Crippen molar-refractivity contribution >= 4 is 11.8 Å². The molecule has 0 saturated heterocycles. The first-order valence-electron chi connectivity index (χ1n) is 5.63. The molecule has 0 amide bonds. The lowest BCUT2D eigenvalue weighted by molar-refractivity contribution is 0.281. The summed E-state index contributed by atoms with van der Waals surface area (Å²) in [5, 5.41) is 16.7. The molecule has 0 aliphatic rings. The van der Waals surface area contributed by atoms with Crippen molar-refractivity contribution in [1.29, 1.82) is 0 Å². The smallest absolute Gasteiger partial charge is 0.343 e. The monoisotopic (exact) mass is 266 g/mol. The second-order valence-corrected chi connectivity index (χ2v) is 4.72. The highest BCUT2D eigenvalue weighted by Gasteiger charge is 2.09. The molecule has 0 fully saturated rings. The van der Waals surface area contributed by atoms with Gasteiger partial charge in [-0.25, -0.2) is 14.9 Å². The maximum Gasteiger partial charge on any atom is 0.343 e. The number of aromatic nitrogens is 4. The van der Waals surface area contributed by atoms with Crippen LogP contribution in [-0.2, 0) is 13.2 Å². The van der Waals surface area contributed by atoms with Crippen molar-refractivity contribution in [1.82, 2.24) is 19.7 Å². The number of hydrogen-bond acceptors (Lipinski definition) is 5. The second kappa shape index (κ2) is 5.83. The van der Waals surface area contributed by atoms with E-state index in [1.54, 1.807) is 22.9 Å². The van der Waals surface area contributed by atoms with Crippen LogP contribution in [0.2, 0.25) is 0 Å². The van der Waals surface area contributed by atoms with E-state index >= 15 is 0 Å². The fourth-order valence-electron chi connectivity index (χ4n) is 1.46. The van der Waals surface area contributed by atoms with Crippen molar-refractivity contribution in [2.24, 2.45) is 0 Å². The van der Waals surface area contributed by atoms with Crippen molar-refractivity contribution in [2.75, 3.05) is 0 Å². The Morgan fingerprint density at radius 2 is 2.33 bits per heavy atom. The molecule has 0 aromatic carbocycles. The predicted molar refractivity (Wildman–Crippen MR) is 67.4 cm³/mol. The first-order chi connectivity index (χ1) is 8.74. The predicted octanol–water partition coefficient (Wildman–Crippen LogP) is 1.02. The van der Waals surface area contributed by atoms with E-state index < -0.39 is 0 Å². The summed E-state index contributed by atoms with van der Waals surface area (Å²) in [4.78, 5) is 15.7. The summed E-state index contributed by atoms with van der Waals surface area (Å²) in [7, 11) is 0. The Balaban J connectivity index is 2.20. The fourth-order valence-corrected chi connectivity index (χ4v) is 2.26. The molecule has 0 saturated carbocycles. The largest absolute Gasteiger partial charge is 0.392 e. The van der Waals surface area contributed by atoms with E-state index in [9.17, 15) is 4.79 Å². The van der Waals surface area contributed by atoms with Crippen LogP contribution in [0.15, 0.2) is 33.3 Å². The molecule has 7 heteroatoms. The zero-order chi connectivity index (χ0) is 13.0. The van der Waals surface area contributed by atoms with E-state index in [4.69, 9.17) is 5.11 Å². The summed E-state index contributed by atoms with van der Waals surface area (Å²) in [6, 6.07) is 3.59. The first kappa shape index (κ1) is 12.8. The van der Waals surface area contributed by atoms with E-state index in [1.165, 1.54) is 11.8 Å². The zero-order valence-corrected chi connectivity index (χ0v) is 10.8. The van der Waals surface area contributed by atoms with Crippen LogP contribution in [0.1, 0.15) is 18.9 Å². The number of hydrogen-bond donors (Lipinski definition) is 2. The number of aliphatic hydroxyl groups is 1. The molecule has 0 unspecified atom stereocenters. The molecule has 6 nitrogen and oxygen atoms in total. The highest BCUT2D eigenvalue weighted by molar-refractivity contribution is 7.99. The number of nitrogens with zero attached hydrogens (tertiary/aromatic N) is 3. The number of H-pyrrole nitrogens is 1. The number of aromatic amines is 1. The number of aliphatic hydroxyl groups excluding tert-OH is 1. The molecular formula is C11H14N4O2S. The zero-order valence-electron chi connectivity index (χ0n) is 9.96. The van der Waals surface area contributed by atoms with Crippen molar-refractivity contribution in [3.05, 3.63) is 34.4 Å². The van der Waals surface area contributed by atoms with Crippen LogP contribution in [0.3, 0.4) is 0 Å². The maximum atomic E-state index is 11.5. The van der Waals surface area contributed by atoms with Crippen LogP contribution in [0.4, 0.5) is 0 Å². The Morgan fingerprint density at radius 3 is 2.94 bits per heavy atom. The van der Waals surface area contributed by atoms with Crippen LogP contribution in [0, 0.1) is 0 Å². The molecule has 0 bridgehead atoms. The van der Waals surface area contributed by atoms with Gasteiger partial charge in [-0.15, -0.1) is 5.10 Å². The normalized spacial score (nSPS) is 10.8. The highest BCUT2D eigenvalue weighted by Crippen LogP contribution is 2.23. The molecule has 0 atom stereocenters. The molecule has 0 spiro atoms. The average Bonchev–Trinajstić information content (AvgIpc) is 2.73. The van der Waals surface area contributed by atoms with Crippen molar-refractivity contribution < 1.29 is 5.11 Å². The van der Waals surface area contributed by atoms with Gasteiger partial charge in [0.25, 0.3) is 0 Å². The lowest BCUT2D eigenvalue weighted by Gasteiger charge is -2.03. The summed E-state index contributed by atoms with van der Waals surface area (Å²) in [5.41, 5.74) is 0.554. The van der Waals surface area contributed by atoms with E-state index in [0.29, 0.717) is 11.7 Å². The lowest BCUT2D eigenvalue weighted by atomic mass is 10.3. The topological polar surface area (TPSA) is 83.8 Å². The average molecular weight is 266 g/mol. The third-order valence-corrected chi connectivity index (χ3v) is 3.29. The van der Waals surface area contributed by atoms with Gasteiger partial charge in [-0.2, -0.15) is 0 Å². The minimum absolute atomic E-state index is 0.0269. The van der Waals surface area contributed by atoms with Crippen LogP contribution in [-0.4, -0.2) is 24.9 Å². The molecular weight excluding hydrogens is 252 g/mol. The van der Waals surface area contributed by atoms with Gasteiger partial charge < -0.3 is 5.11 Å². The summed E-state index contributed by atoms with van der Waals surface area (Å²) in [6.07, 6.45) is 2.47. The van der Waals surface area contributed by atoms with Gasteiger partial charge in [-0.1, -0.05) is 13.0 Å². The molecule has 0 aliphatic heterocycles. The molecule has 0 aliphatic carbocycles. The Bertz CT molecular complexity index is 561. The summed E-state index contributed by atoms with van der Waals surface area (Å²) in [6.45, 7) is 2.61. The SMILES string of the molecule is CCCn1c(Sc2ccc(CO)cn2)n[nH]c1=O. The third-order valence-electron chi connectivity index (χ3n) is 2.35. The van der Waals surface area contributed by atoms with Crippen LogP contribution < -0.4 is 5.69 Å². The van der Waals surface area contributed by atoms with Gasteiger partial charge in [0, 0.05) is 12.7 Å². The Kier molecular flexibility index (Phi) is 4.16. The van der Waals surface area contributed by atoms with Crippen molar-refractivity contribution in [3.8, 4) is 0 Å². The summed E-state index contributed by atoms with van der Waals surface area (Å²) in [5.74, 6) is 0. The van der Waals surface area contributed by atoms with Gasteiger partial charge >= 0.3 is 5.69 Å². The van der Waals surface area contributed by atoms with Gasteiger partial charge in [-0.3, -0.25) is 4.57 Å². The van der Waals surface area contributed by atoms with Crippen LogP contribution >= 0.6 is 11.8 Å². The number of pyridine rings is 1. The molecule has 2 N–H and O–H groups in total. The van der Waals surface area contributed by atoms with Gasteiger partial charge in [0.2, 0.25) is 0 Å². The van der Waals surface area contributed by atoms with Crippen molar-refractivity contribution in [2.45, 2.75) is 36.7 Å². The van der Waals surface area contributed by atoms with E-state index in [1.807, 2.05) is 6.92 Å². The molecule has 2 heterocycles. The van der Waals surface area contributed by atoms with Gasteiger partial charge in [-0.05, 0) is 29.8 Å². The number of rotatable bonds is 5. The lowest BCUT2D eigenvalue weighted by Crippen LogP contribution is -2.17. The summed E-state index contributed by atoms with van der Waals surface area (Å²) >= 11 is 1.32. The summed E-state index contributed by atoms with van der Waals surface area (Å²) < 4.78 is 1.59. The third kappa shape index (κ3) is 2.80. The Morgan fingerprint density at radius 1 is 1.50 bits per heavy atom. The Labute approximate surface area is 108 Å². The molecule has 0 radical (unpaired) electrons. The molecule has 2 aromatic heterocycles. The Hall–Kier alpha value is -1.60. The quantitative estimate of drug-likeness (QED) is 0.844. The maximum absolute atomic E-state index is 11.5. The van der Waals surface area contributed by atoms with Gasteiger partial charge in [0.15, 0.2) is 5.16 Å². The van der Waals surface area contributed by atoms with Gasteiger partial charge in [0.05, 0.1) is 6.61 Å². The minimum Gasteiger partial charge on any atom is -0.392 e. The first-order valence-corrected chi connectivity index (χ1v) is 6.45. The minimum atomic E-state index is -0.202. The second-order valence-electron chi connectivity index (χ2n) is 3.73. The fraction of sp³-hybridized carbons (Fsp3) is 0.364. The highest BCUT2D eigenvalue weighted by atomic mass is 32.2. The molecule has 2 rings (SSSR count). The standard InChI is InChI=1S/C11H14N4O2S/c1-2-5-15-10(17)13-14-11(15)18-9-4-3-8(7-16)6-12-9/h3-4,6,16H,2,5,7H2,1H3,(H,13,17). The number of nitrogens with one attached hydrogen (secondary N) is 1. The van der Waals surface area contributed by atoms with Crippen LogP contribution in [0.5, 0.6) is 0 Å².